The number of fused-ring (bicyclic) bond motifs is 1. The van der Waals surface area contributed by atoms with E-state index in [4.69, 9.17) is 11.6 Å². The number of aromatic nitrogens is 4. The van der Waals surface area contributed by atoms with Crippen LogP contribution in [0, 0.1) is 5.82 Å². The summed E-state index contributed by atoms with van der Waals surface area (Å²) in [5.74, 6) is 0.402. The fourth-order valence-electron chi connectivity index (χ4n) is 2.02. The minimum Gasteiger partial charge on any atom is -0.321 e. The fourth-order valence-corrected chi connectivity index (χ4v) is 2.82. The number of rotatable bonds is 3. The lowest BCUT2D eigenvalue weighted by molar-refractivity contribution is 0.585. The summed E-state index contributed by atoms with van der Waals surface area (Å²) in [5.41, 5.74) is 0.318. The van der Waals surface area contributed by atoms with Crippen molar-refractivity contribution in [2.45, 2.75) is 0 Å². The maximum Gasteiger partial charge on any atom is 0.224 e. The van der Waals surface area contributed by atoms with Crippen molar-refractivity contribution in [1.82, 2.24) is 19.5 Å². The highest BCUT2D eigenvalue weighted by atomic mass is 35.5. The summed E-state index contributed by atoms with van der Waals surface area (Å²) in [6.07, 6.45) is 2.59. The van der Waals surface area contributed by atoms with Crippen LogP contribution in [0.3, 0.4) is 0 Å². The normalized spacial score (nSPS) is 11.8. The molecule has 3 aromatic rings. The van der Waals surface area contributed by atoms with Gasteiger partial charge in [0.2, 0.25) is 5.28 Å². The molecule has 0 radical (unpaired) electrons. The van der Waals surface area contributed by atoms with Gasteiger partial charge in [0.25, 0.3) is 0 Å². The van der Waals surface area contributed by atoms with Gasteiger partial charge in [0.15, 0.2) is 18.8 Å². The summed E-state index contributed by atoms with van der Waals surface area (Å²) >= 11 is 5.78. The van der Waals surface area contributed by atoms with Gasteiger partial charge in [-0.05, 0) is 23.7 Å². The van der Waals surface area contributed by atoms with Crippen molar-refractivity contribution in [3.05, 3.63) is 41.7 Å². The molecule has 0 fully saturated rings. The highest BCUT2D eigenvalue weighted by Gasteiger charge is 2.14. The van der Waals surface area contributed by atoms with E-state index in [1.807, 2.05) is 0 Å². The van der Waals surface area contributed by atoms with E-state index < -0.39 is 13.1 Å². The first kappa shape index (κ1) is 14.9. The van der Waals surface area contributed by atoms with E-state index in [2.05, 4.69) is 20.0 Å². The summed E-state index contributed by atoms with van der Waals surface area (Å²) in [6, 6.07) is 5.11. The fraction of sp³-hybridized carbons (Fsp3) is 0.154. The third kappa shape index (κ3) is 2.96. The monoisotopic (exact) mass is 339 g/mol. The summed E-state index contributed by atoms with van der Waals surface area (Å²) in [7, 11) is -2.49. The van der Waals surface area contributed by atoms with Gasteiger partial charge in [-0.3, -0.25) is 4.57 Å². The molecule has 3 aromatic heterocycles. The van der Waals surface area contributed by atoms with Gasteiger partial charge in [-0.15, -0.1) is 0 Å². The van der Waals surface area contributed by atoms with Gasteiger partial charge in [0.05, 0.1) is 5.39 Å². The molecular formula is C13H12ClFN5OP. The lowest BCUT2D eigenvalue weighted by Crippen LogP contribution is -2.01. The Kier molecular flexibility index (Phi) is 3.62. The van der Waals surface area contributed by atoms with Crippen molar-refractivity contribution in [3.63, 3.8) is 0 Å². The van der Waals surface area contributed by atoms with E-state index in [-0.39, 0.29) is 10.7 Å². The molecule has 3 heterocycles. The first-order chi connectivity index (χ1) is 10.3. The van der Waals surface area contributed by atoms with Crippen LogP contribution in [-0.4, -0.2) is 32.8 Å². The van der Waals surface area contributed by atoms with Crippen LogP contribution in [0.25, 0.3) is 16.9 Å². The average Bonchev–Trinajstić information content (AvgIpc) is 2.74. The molecule has 0 spiro atoms. The molecule has 0 aliphatic carbocycles. The molecule has 0 unspecified atom stereocenters. The van der Waals surface area contributed by atoms with Gasteiger partial charge in [-0.1, -0.05) is 6.07 Å². The Labute approximate surface area is 130 Å². The zero-order chi connectivity index (χ0) is 15.9. The lowest BCUT2D eigenvalue weighted by atomic mass is 10.4. The van der Waals surface area contributed by atoms with Gasteiger partial charge in [-0.2, -0.15) is 4.98 Å². The highest BCUT2D eigenvalue weighted by molar-refractivity contribution is 7.63. The second kappa shape index (κ2) is 5.34. The van der Waals surface area contributed by atoms with Crippen molar-refractivity contribution < 1.29 is 8.96 Å². The minimum absolute atomic E-state index is 0.0211. The van der Waals surface area contributed by atoms with Crippen LogP contribution in [0.5, 0.6) is 0 Å². The highest BCUT2D eigenvalue weighted by Crippen LogP contribution is 2.35. The zero-order valence-corrected chi connectivity index (χ0v) is 13.4. The topological polar surface area (TPSA) is 72.7 Å². The molecule has 0 aliphatic rings. The number of anilines is 1. The van der Waals surface area contributed by atoms with Crippen molar-refractivity contribution in [2.75, 3.05) is 18.4 Å². The van der Waals surface area contributed by atoms with Gasteiger partial charge >= 0.3 is 0 Å². The van der Waals surface area contributed by atoms with Crippen LogP contribution in [0.15, 0.2) is 30.6 Å². The van der Waals surface area contributed by atoms with E-state index in [1.165, 1.54) is 17.0 Å². The van der Waals surface area contributed by atoms with Gasteiger partial charge in [0.1, 0.15) is 11.6 Å². The molecule has 0 bridgehead atoms. The first-order valence-corrected chi connectivity index (χ1v) is 9.31. The molecule has 0 amide bonds. The second-order valence-corrected chi connectivity index (χ2v) is 8.33. The van der Waals surface area contributed by atoms with Crippen LogP contribution >= 0.6 is 18.9 Å². The van der Waals surface area contributed by atoms with E-state index in [1.54, 1.807) is 31.5 Å². The first-order valence-electron chi connectivity index (χ1n) is 6.33. The lowest BCUT2D eigenvalue weighted by Gasteiger charge is -2.11. The van der Waals surface area contributed by atoms with Crippen molar-refractivity contribution in [1.29, 1.82) is 0 Å². The molecule has 0 aliphatic heterocycles. The number of nitrogens with one attached hydrogen (secondary N) is 1. The molecule has 0 aromatic carbocycles. The Morgan fingerprint density at radius 2 is 2.09 bits per heavy atom. The smallest absolute Gasteiger partial charge is 0.224 e. The number of hydrogen-bond donors (Lipinski definition) is 1. The van der Waals surface area contributed by atoms with Crippen molar-refractivity contribution in [2.24, 2.45) is 0 Å². The van der Waals surface area contributed by atoms with Gasteiger partial charge in [-0.25, -0.2) is 14.4 Å². The Balaban J connectivity index is 2.14. The molecule has 1 N–H and O–H groups in total. The summed E-state index contributed by atoms with van der Waals surface area (Å²) < 4.78 is 27.3. The summed E-state index contributed by atoms with van der Waals surface area (Å²) in [6.45, 7) is 3.19. The third-order valence-corrected chi connectivity index (χ3v) is 3.78. The number of pyridine rings is 1. The molecule has 6 nitrogen and oxygen atoms in total. The van der Waals surface area contributed by atoms with Crippen molar-refractivity contribution in [3.8, 4) is 5.82 Å². The number of nitrogens with zero attached hydrogens (tertiary/aromatic N) is 4. The maximum atomic E-state index is 14.0. The molecule has 0 saturated carbocycles. The van der Waals surface area contributed by atoms with Crippen LogP contribution < -0.4 is 5.09 Å². The maximum absolute atomic E-state index is 14.0. The SMILES string of the molecule is CP(C)(=O)Nc1cccc(-n2cc(F)c3cnc(Cl)nc32)n1. The largest absolute Gasteiger partial charge is 0.321 e. The molecule has 22 heavy (non-hydrogen) atoms. The van der Waals surface area contributed by atoms with Crippen LogP contribution in [-0.2, 0) is 4.57 Å². The molecular weight excluding hydrogens is 328 g/mol. The Bertz CT molecular complexity index is 907. The van der Waals surface area contributed by atoms with Crippen molar-refractivity contribution >= 4 is 35.7 Å². The van der Waals surface area contributed by atoms with E-state index >= 15 is 0 Å². The predicted octanol–water partition coefficient (Wildman–Crippen LogP) is 3.56. The molecule has 114 valence electrons. The average molecular weight is 340 g/mol. The van der Waals surface area contributed by atoms with Gasteiger partial charge < -0.3 is 9.65 Å². The quantitative estimate of drug-likeness (QED) is 0.583. The van der Waals surface area contributed by atoms with Crippen LogP contribution in [0.2, 0.25) is 5.28 Å². The van der Waals surface area contributed by atoms with E-state index in [0.29, 0.717) is 17.3 Å². The summed E-state index contributed by atoms with van der Waals surface area (Å²) in [5, 5.41) is 3.11. The summed E-state index contributed by atoms with van der Waals surface area (Å²) in [4.78, 5) is 12.1. The zero-order valence-electron chi connectivity index (χ0n) is 11.8. The van der Waals surface area contributed by atoms with E-state index in [0.717, 1.165) is 0 Å². The minimum atomic E-state index is -2.49. The van der Waals surface area contributed by atoms with Crippen LogP contribution in [0.1, 0.15) is 0 Å². The Morgan fingerprint density at radius 3 is 2.82 bits per heavy atom. The third-order valence-electron chi connectivity index (χ3n) is 2.83. The van der Waals surface area contributed by atoms with Gasteiger partial charge in [0, 0.05) is 25.7 Å². The van der Waals surface area contributed by atoms with E-state index in [9.17, 15) is 8.96 Å². The number of halogens is 2. The molecule has 0 saturated heterocycles. The Hall–Kier alpha value is -1.98. The Morgan fingerprint density at radius 1 is 1.32 bits per heavy atom. The van der Waals surface area contributed by atoms with Crippen LogP contribution in [0.4, 0.5) is 10.2 Å². The number of hydrogen-bond acceptors (Lipinski definition) is 4. The molecule has 3 rings (SSSR count). The predicted molar refractivity (Wildman–Crippen MR) is 84.7 cm³/mol. The molecule has 9 heteroatoms. The second-order valence-electron chi connectivity index (χ2n) is 5.07. The molecule has 0 atom stereocenters. The standard InChI is InChI=1S/C13H12ClFN5OP/c1-22(2,21)19-10-4-3-5-11(17-10)20-7-9(15)8-6-16-13(14)18-12(8)20/h3-7H,1-2H3,(H,17,19,21).